The molecule has 1 atom stereocenters. The maximum Gasteiger partial charge on any atom is 0.125 e. The number of benzene rings is 2. The largest absolute Gasteiger partial charge is 0.489 e. The number of aliphatic hydroxyl groups is 1. The minimum Gasteiger partial charge on any atom is -0.489 e. The van der Waals surface area contributed by atoms with E-state index < -0.39 is 6.10 Å². The van der Waals surface area contributed by atoms with Crippen LogP contribution in [0.25, 0.3) is 0 Å². The molecule has 0 heterocycles. The molecule has 0 fully saturated rings. The topological polar surface area (TPSA) is 29.5 Å². The smallest absolute Gasteiger partial charge is 0.125 e. The highest BCUT2D eigenvalue weighted by Crippen LogP contribution is 2.27. The maximum absolute atomic E-state index is 9.84. The molecule has 2 heteroatoms. The standard InChI is InChI=1S/C18H22O2/c1-12-5-7-14(3)16(9-12)11-20-18-8-6-13(2)10-17(18)15(4)19/h5-10,15,19H,11H2,1-4H3/t15-/m0/s1. The predicted octanol–water partition coefficient (Wildman–Crippen LogP) is 4.24. The first kappa shape index (κ1) is 14.6. The second-order valence-corrected chi connectivity index (χ2v) is 5.44. The molecule has 0 bridgehead atoms. The van der Waals surface area contributed by atoms with Crippen molar-refractivity contribution >= 4 is 0 Å². The molecule has 106 valence electrons. The van der Waals surface area contributed by atoms with Gasteiger partial charge in [-0.2, -0.15) is 0 Å². The molecule has 2 aromatic carbocycles. The summed E-state index contributed by atoms with van der Waals surface area (Å²) >= 11 is 0. The van der Waals surface area contributed by atoms with Gasteiger partial charge in [0.25, 0.3) is 0 Å². The van der Waals surface area contributed by atoms with Gasteiger partial charge in [-0.25, -0.2) is 0 Å². The molecule has 20 heavy (non-hydrogen) atoms. The predicted molar refractivity (Wildman–Crippen MR) is 82.1 cm³/mol. The molecule has 0 aliphatic carbocycles. The zero-order valence-electron chi connectivity index (χ0n) is 12.6. The lowest BCUT2D eigenvalue weighted by molar-refractivity contribution is 0.190. The molecule has 0 aliphatic rings. The third-order valence-electron chi connectivity index (χ3n) is 3.50. The first-order chi connectivity index (χ1) is 9.47. The van der Waals surface area contributed by atoms with E-state index in [1.165, 1.54) is 16.7 Å². The molecule has 1 N–H and O–H groups in total. The summed E-state index contributed by atoms with van der Waals surface area (Å²) in [6.45, 7) is 8.47. The van der Waals surface area contributed by atoms with Crippen LogP contribution in [0, 0.1) is 20.8 Å². The fraction of sp³-hybridized carbons (Fsp3) is 0.333. The zero-order chi connectivity index (χ0) is 14.7. The molecule has 0 amide bonds. The van der Waals surface area contributed by atoms with Crippen LogP contribution in [0.5, 0.6) is 5.75 Å². The highest BCUT2D eigenvalue weighted by Gasteiger charge is 2.10. The van der Waals surface area contributed by atoms with E-state index in [1.807, 2.05) is 25.1 Å². The summed E-state index contributed by atoms with van der Waals surface area (Å²) in [6, 6.07) is 12.3. The van der Waals surface area contributed by atoms with Crippen molar-refractivity contribution in [3.63, 3.8) is 0 Å². The van der Waals surface area contributed by atoms with E-state index >= 15 is 0 Å². The summed E-state index contributed by atoms with van der Waals surface area (Å²) in [5, 5.41) is 9.84. The number of hydrogen-bond acceptors (Lipinski definition) is 2. The third kappa shape index (κ3) is 3.40. The molecule has 2 rings (SSSR count). The second-order valence-electron chi connectivity index (χ2n) is 5.44. The van der Waals surface area contributed by atoms with Gasteiger partial charge in [-0.05, 0) is 51.0 Å². The molecule has 2 aromatic rings. The van der Waals surface area contributed by atoms with Gasteiger partial charge in [-0.15, -0.1) is 0 Å². The molecule has 2 nitrogen and oxygen atoms in total. The summed E-state index contributed by atoms with van der Waals surface area (Å²) in [7, 11) is 0. The van der Waals surface area contributed by atoms with Crippen molar-refractivity contribution in [3.8, 4) is 5.75 Å². The van der Waals surface area contributed by atoms with Gasteiger partial charge in [0.1, 0.15) is 12.4 Å². The van der Waals surface area contributed by atoms with E-state index in [9.17, 15) is 5.11 Å². The Morgan fingerprint density at radius 3 is 2.35 bits per heavy atom. The van der Waals surface area contributed by atoms with E-state index in [2.05, 4.69) is 32.0 Å². The second kappa shape index (κ2) is 6.10. The van der Waals surface area contributed by atoms with Crippen LogP contribution in [0.15, 0.2) is 36.4 Å². The van der Waals surface area contributed by atoms with Gasteiger partial charge in [0.2, 0.25) is 0 Å². The third-order valence-corrected chi connectivity index (χ3v) is 3.50. The molecular formula is C18H22O2. The van der Waals surface area contributed by atoms with E-state index in [0.717, 1.165) is 16.9 Å². The minimum atomic E-state index is -0.525. The van der Waals surface area contributed by atoms with Gasteiger partial charge in [-0.1, -0.05) is 35.4 Å². The molecule has 0 unspecified atom stereocenters. The van der Waals surface area contributed by atoms with E-state index in [1.54, 1.807) is 6.92 Å². The lowest BCUT2D eigenvalue weighted by atomic mass is 10.1. The highest BCUT2D eigenvalue weighted by atomic mass is 16.5. The van der Waals surface area contributed by atoms with Gasteiger partial charge >= 0.3 is 0 Å². The molecule has 0 spiro atoms. The van der Waals surface area contributed by atoms with Gasteiger partial charge in [0.05, 0.1) is 6.10 Å². The van der Waals surface area contributed by atoms with Gasteiger partial charge < -0.3 is 9.84 Å². The number of aliphatic hydroxyl groups excluding tert-OH is 1. The van der Waals surface area contributed by atoms with Crippen LogP contribution in [0.2, 0.25) is 0 Å². The van der Waals surface area contributed by atoms with Crippen molar-refractivity contribution in [1.29, 1.82) is 0 Å². The van der Waals surface area contributed by atoms with E-state index in [4.69, 9.17) is 4.74 Å². The lowest BCUT2D eigenvalue weighted by Gasteiger charge is -2.15. The summed E-state index contributed by atoms with van der Waals surface area (Å²) in [6.07, 6.45) is -0.525. The lowest BCUT2D eigenvalue weighted by Crippen LogP contribution is -2.03. The molecule has 0 radical (unpaired) electrons. The monoisotopic (exact) mass is 270 g/mol. The highest BCUT2D eigenvalue weighted by molar-refractivity contribution is 5.39. The summed E-state index contributed by atoms with van der Waals surface area (Å²) in [5.74, 6) is 0.756. The van der Waals surface area contributed by atoms with Crippen LogP contribution >= 0.6 is 0 Å². The van der Waals surface area contributed by atoms with Crippen molar-refractivity contribution in [2.24, 2.45) is 0 Å². The number of ether oxygens (including phenoxy) is 1. The van der Waals surface area contributed by atoms with Gasteiger partial charge in [0.15, 0.2) is 0 Å². The Labute approximate surface area is 121 Å². The average molecular weight is 270 g/mol. The normalized spacial score (nSPS) is 12.2. The van der Waals surface area contributed by atoms with Crippen LogP contribution in [-0.4, -0.2) is 5.11 Å². The van der Waals surface area contributed by atoms with Crippen molar-refractivity contribution in [2.45, 2.75) is 40.4 Å². The zero-order valence-corrected chi connectivity index (χ0v) is 12.6. The molecule has 0 aliphatic heterocycles. The Hall–Kier alpha value is -1.80. The SMILES string of the molecule is Cc1ccc(C)c(COc2ccc(C)cc2[C@H](C)O)c1. The summed E-state index contributed by atoms with van der Waals surface area (Å²) < 4.78 is 5.92. The molecule has 0 saturated heterocycles. The quantitative estimate of drug-likeness (QED) is 0.900. The molecular weight excluding hydrogens is 248 g/mol. The Morgan fingerprint density at radius 1 is 1.00 bits per heavy atom. The van der Waals surface area contributed by atoms with Crippen LogP contribution in [0.1, 0.15) is 40.8 Å². The first-order valence-electron chi connectivity index (χ1n) is 6.95. The maximum atomic E-state index is 9.84. The Kier molecular flexibility index (Phi) is 4.46. The van der Waals surface area contributed by atoms with Crippen LogP contribution in [-0.2, 0) is 6.61 Å². The minimum absolute atomic E-state index is 0.524. The van der Waals surface area contributed by atoms with Crippen molar-refractivity contribution in [3.05, 3.63) is 64.2 Å². The van der Waals surface area contributed by atoms with Crippen LogP contribution in [0.3, 0.4) is 0 Å². The first-order valence-corrected chi connectivity index (χ1v) is 6.95. The fourth-order valence-electron chi connectivity index (χ4n) is 2.24. The number of aryl methyl sites for hydroxylation is 3. The van der Waals surface area contributed by atoms with E-state index in [0.29, 0.717) is 6.61 Å². The summed E-state index contributed by atoms with van der Waals surface area (Å²) in [5.41, 5.74) is 5.60. The van der Waals surface area contributed by atoms with Gasteiger partial charge in [-0.3, -0.25) is 0 Å². The number of rotatable bonds is 4. The Morgan fingerprint density at radius 2 is 1.65 bits per heavy atom. The van der Waals surface area contributed by atoms with Crippen molar-refractivity contribution < 1.29 is 9.84 Å². The average Bonchev–Trinajstić information content (AvgIpc) is 2.40. The van der Waals surface area contributed by atoms with Crippen LogP contribution in [0.4, 0.5) is 0 Å². The number of hydrogen-bond donors (Lipinski definition) is 1. The van der Waals surface area contributed by atoms with Gasteiger partial charge in [0, 0.05) is 5.56 Å². The Bertz CT molecular complexity index is 600. The Balaban J connectivity index is 2.20. The fourth-order valence-corrected chi connectivity index (χ4v) is 2.24. The van der Waals surface area contributed by atoms with Crippen molar-refractivity contribution in [1.82, 2.24) is 0 Å². The molecule has 0 saturated carbocycles. The summed E-state index contributed by atoms with van der Waals surface area (Å²) in [4.78, 5) is 0. The van der Waals surface area contributed by atoms with E-state index in [-0.39, 0.29) is 0 Å². The molecule has 0 aromatic heterocycles. The van der Waals surface area contributed by atoms with Crippen molar-refractivity contribution in [2.75, 3.05) is 0 Å². The van der Waals surface area contributed by atoms with Crippen LogP contribution < -0.4 is 4.74 Å².